The van der Waals surface area contributed by atoms with Crippen LogP contribution in [0, 0.1) is 0 Å². The fourth-order valence-corrected chi connectivity index (χ4v) is 3.43. The number of benzene rings is 2. The maximum absolute atomic E-state index is 13.4. The van der Waals surface area contributed by atoms with E-state index < -0.39 is 23.2 Å². The molecule has 0 bridgehead atoms. The molecule has 5 nitrogen and oxygen atoms in total. The lowest BCUT2D eigenvalue weighted by molar-refractivity contribution is -0.159. The highest BCUT2D eigenvalue weighted by Crippen LogP contribution is 2.37. The molecule has 5 heteroatoms. The Balaban J connectivity index is 2.02. The molecule has 0 aromatic heterocycles. The average molecular weight is 363 g/mol. The van der Waals surface area contributed by atoms with Gasteiger partial charge in [-0.05, 0) is 30.5 Å². The quantitative estimate of drug-likeness (QED) is 0.354. The molecule has 1 atom stereocenters. The second-order valence-corrected chi connectivity index (χ2v) is 6.39. The van der Waals surface area contributed by atoms with Gasteiger partial charge >= 0.3 is 5.97 Å². The lowest BCUT2D eigenvalue weighted by atomic mass is 9.73. The summed E-state index contributed by atoms with van der Waals surface area (Å²) in [6, 6.07) is 17.4. The molecule has 1 aliphatic heterocycles. The van der Waals surface area contributed by atoms with Crippen LogP contribution in [0.15, 0.2) is 73.3 Å². The van der Waals surface area contributed by atoms with Crippen LogP contribution in [-0.2, 0) is 19.7 Å². The Hall–Kier alpha value is -3.21. The van der Waals surface area contributed by atoms with Gasteiger partial charge in [-0.1, -0.05) is 61.2 Å². The normalized spacial score (nSPS) is 19.4. The van der Waals surface area contributed by atoms with Crippen LogP contribution in [0.25, 0.3) is 0 Å². The Labute approximate surface area is 158 Å². The van der Waals surface area contributed by atoms with Gasteiger partial charge in [0.05, 0.1) is 0 Å². The van der Waals surface area contributed by atoms with Gasteiger partial charge in [0, 0.05) is 12.1 Å². The third-order valence-corrected chi connectivity index (χ3v) is 4.76. The molecule has 138 valence electrons. The van der Waals surface area contributed by atoms with Crippen LogP contribution in [0.5, 0.6) is 0 Å². The number of hydrogen-bond acceptors (Lipinski definition) is 4. The van der Waals surface area contributed by atoms with E-state index in [9.17, 15) is 14.4 Å². The van der Waals surface area contributed by atoms with Crippen molar-refractivity contribution in [2.24, 2.45) is 0 Å². The smallest absolute Gasteiger partial charge is 0.326 e. The van der Waals surface area contributed by atoms with Gasteiger partial charge < -0.3 is 4.74 Å². The summed E-state index contributed by atoms with van der Waals surface area (Å²) in [6.45, 7) is 3.83. The van der Waals surface area contributed by atoms with Crippen molar-refractivity contribution in [1.29, 1.82) is 0 Å². The first-order valence-corrected chi connectivity index (χ1v) is 8.86. The number of hydrogen-bond donors (Lipinski definition) is 0. The number of rotatable bonds is 5. The molecule has 0 aliphatic carbocycles. The number of nitrogens with zero attached hydrogens (tertiary/aromatic N) is 1. The van der Waals surface area contributed by atoms with E-state index in [1.54, 1.807) is 54.6 Å². The van der Waals surface area contributed by atoms with E-state index >= 15 is 0 Å². The molecule has 3 rings (SSSR count). The van der Waals surface area contributed by atoms with Crippen molar-refractivity contribution in [2.45, 2.75) is 18.3 Å². The van der Waals surface area contributed by atoms with Crippen LogP contribution < -0.4 is 0 Å². The van der Waals surface area contributed by atoms with E-state index in [-0.39, 0.29) is 13.2 Å². The minimum absolute atomic E-state index is 0.00727. The van der Waals surface area contributed by atoms with Crippen LogP contribution in [0.1, 0.15) is 28.8 Å². The third kappa shape index (κ3) is 3.40. The summed E-state index contributed by atoms with van der Waals surface area (Å²) < 4.78 is 5.28. The minimum atomic E-state index is -1.52. The number of piperidine rings is 1. The molecule has 1 unspecified atom stereocenters. The van der Waals surface area contributed by atoms with E-state index in [1.165, 1.54) is 11.0 Å². The molecule has 0 N–H and O–H groups in total. The third-order valence-electron chi connectivity index (χ3n) is 4.76. The number of imide groups is 1. The first-order valence-electron chi connectivity index (χ1n) is 8.86. The standard InChI is InChI=1S/C22H21NO4/c1-2-16-27-21(26)22(18-12-7-4-8-13-18)14-9-15-23(20(22)25)19(24)17-10-5-3-6-11-17/h2-8,10-13H,1,9,14-16H2. The molecule has 1 saturated heterocycles. The van der Waals surface area contributed by atoms with Crippen LogP contribution >= 0.6 is 0 Å². The number of carbonyl (C=O) groups is 3. The Morgan fingerprint density at radius 3 is 2.33 bits per heavy atom. The van der Waals surface area contributed by atoms with Gasteiger partial charge in [0.25, 0.3) is 11.8 Å². The fraction of sp³-hybridized carbons (Fsp3) is 0.227. The van der Waals surface area contributed by atoms with Crippen molar-refractivity contribution in [3.05, 3.63) is 84.4 Å². The van der Waals surface area contributed by atoms with E-state index in [4.69, 9.17) is 4.74 Å². The summed E-state index contributed by atoms with van der Waals surface area (Å²) in [7, 11) is 0. The molecule has 0 radical (unpaired) electrons. The Morgan fingerprint density at radius 1 is 1.07 bits per heavy atom. The zero-order valence-electron chi connectivity index (χ0n) is 15.0. The van der Waals surface area contributed by atoms with Gasteiger partial charge in [0.15, 0.2) is 5.41 Å². The molecule has 0 spiro atoms. The first-order chi connectivity index (χ1) is 13.1. The largest absolute Gasteiger partial charge is 0.460 e. The highest BCUT2D eigenvalue weighted by molar-refractivity contribution is 6.16. The maximum Gasteiger partial charge on any atom is 0.326 e. The predicted molar refractivity (Wildman–Crippen MR) is 101 cm³/mol. The molecule has 0 saturated carbocycles. The van der Waals surface area contributed by atoms with Gasteiger partial charge in [0.2, 0.25) is 0 Å². The van der Waals surface area contributed by atoms with Crippen molar-refractivity contribution in [1.82, 2.24) is 4.90 Å². The lowest BCUT2D eigenvalue weighted by Crippen LogP contribution is -2.57. The SMILES string of the molecule is C=CCOC(=O)C1(c2ccccc2)CCCN(C(=O)c2ccccc2)C1=O. The number of ether oxygens (including phenoxy) is 1. The van der Waals surface area contributed by atoms with Gasteiger partial charge in [0.1, 0.15) is 6.61 Å². The summed E-state index contributed by atoms with van der Waals surface area (Å²) in [5.41, 5.74) is -0.573. The molecular formula is C22H21NO4. The highest BCUT2D eigenvalue weighted by atomic mass is 16.5. The van der Waals surface area contributed by atoms with Crippen molar-refractivity contribution >= 4 is 17.8 Å². The highest BCUT2D eigenvalue weighted by Gasteiger charge is 2.54. The van der Waals surface area contributed by atoms with Crippen LogP contribution in [0.3, 0.4) is 0 Å². The fourth-order valence-electron chi connectivity index (χ4n) is 3.43. The topological polar surface area (TPSA) is 63.7 Å². The van der Waals surface area contributed by atoms with Crippen LogP contribution in [-0.4, -0.2) is 35.8 Å². The first kappa shape index (κ1) is 18.6. The summed E-state index contributed by atoms with van der Waals surface area (Å²) in [4.78, 5) is 40.5. The van der Waals surface area contributed by atoms with Crippen molar-refractivity contribution < 1.29 is 19.1 Å². The molecule has 2 aromatic rings. The average Bonchev–Trinajstić information content (AvgIpc) is 2.73. The van der Waals surface area contributed by atoms with E-state index in [0.29, 0.717) is 24.0 Å². The zero-order valence-corrected chi connectivity index (χ0v) is 15.0. The molecule has 2 amide bonds. The van der Waals surface area contributed by atoms with E-state index in [2.05, 4.69) is 6.58 Å². The number of likely N-dealkylation sites (tertiary alicyclic amines) is 1. The van der Waals surface area contributed by atoms with E-state index in [1.807, 2.05) is 6.07 Å². The molecular weight excluding hydrogens is 342 g/mol. The van der Waals surface area contributed by atoms with Crippen molar-refractivity contribution in [3.63, 3.8) is 0 Å². The zero-order chi connectivity index (χ0) is 19.3. The van der Waals surface area contributed by atoms with E-state index in [0.717, 1.165) is 0 Å². The Kier molecular flexibility index (Phi) is 5.50. The van der Waals surface area contributed by atoms with Gasteiger partial charge in [-0.2, -0.15) is 0 Å². The van der Waals surface area contributed by atoms with Crippen LogP contribution in [0.2, 0.25) is 0 Å². The van der Waals surface area contributed by atoms with Crippen molar-refractivity contribution in [2.75, 3.05) is 13.2 Å². The summed E-state index contributed by atoms with van der Waals surface area (Å²) in [5.74, 6) is -1.59. The van der Waals surface area contributed by atoms with Crippen LogP contribution in [0.4, 0.5) is 0 Å². The van der Waals surface area contributed by atoms with Gasteiger partial charge in [-0.15, -0.1) is 0 Å². The number of esters is 1. The summed E-state index contributed by atoms with van der Waals surface area (Å²) >= 11 is 0. The molecule has 1 aliphatic rings. The Morgan fingerprint density at radius 2 is 1.70 bits per heavy atom. The molecule has 27 heavy (non-hydrogen) atoms. The maximum atomic E-state index is 13.4. The second kappa shape index (κ2) is 7.99. The van der Waals surface area contributed by atoms with Crippen molar-refractivity contribution in [3.8, 4) is 0 Å². The lowest BCUT2D eigenvalue weighted by Gasteiger charge is -2.39. The number of carbonyl (C=O) groups excluding carboxylic acids is 3. The summed E-state index contributed by atoms with van der Waals surface area (Å²) in [6.07, 6.45) is 2.27. The predicted octanol–water partition coefficient (Wildman–Crippen LogP) is 3.12. The van der Waals surface area contributed by atoms with Gasteiger partial charge in [-0.3, -0.25) is 19.3 Å². The minimum Gasteiger partial charge on any atom is -0.460 e. The van der Waals surface area contributed by atoms with Gasteiger partial charge in [-0.25, -0.2) is 0 Å². The second-order valence-electron chi connectivity index (χ2n) is 6.39. The summed E-state index contributed by atoms with van der Waals surface area (Å²) in [5, 5.41) is 0. The molecule has 2 aromatic carbocycles. The monoisotopic (exact) mass is 363 g/mol. The molecule has 1 fully saturated rings. The number of amides is 2. The molecule has 1 heterocycles. The Bertz CT molecular complexity index is 847.